The van der Waals surface area contributed by atoms with E-state index in [9.17, 15) is 9.36 Å². The molecule has 7 heteroatoms. The van der Waals surface area contributed by atoms with E-state index < -0.39 is 19.5 Å². The van der Waals surface area contributed by atoms with Gasteiger partial charge in [-0.2, -0.15) is 4.62 Å². The first-order valence-corrected chi connectivity index (χ1v) is 4.89. The minimum atomic E-state index is -3.65. The zero-order valence-corrected chi connectivity index (χ0v) is 7.17. The fourth-order valence-corrected chi connectivity index (χ4v) is 0.482. The highest BCUT2D eigenvalue weighted by Gasteiger charge is 2.14. The van der Waals surface area contributed by atoms with Crippen LogP contribution in [-0.4, -0.2) is 23.5 Å². The van der Waals surface area contributed by atoms with Gasteiger partial charge in [0.2, 0.25) is 0 Å². The van der Waals surface area contributed by atoms with Gasteiger partial charge >= 0.3 is 7.60 Å². The van der Waals surface area contributed by atoms with Gasteiger partial charge in [0.25, 0.3) is 5.91 Å². The lowest BCUT2D eigenvalue weighted by Crippen LogP contribution is -2.37. The highest BCUT2D eigenvalue weighted by atomic mass is 31.2. The van der Waals surface area contributed by atoms with E-state index in [4.69, 9.17) is 10.6 Å². The number of nitrogens with one attached hydrogen (secondary N) is 1. The van der Waals surface area contributed by atoms with Gasteiger partial charge < -0.3 is 10.6 Å². The molecule has 4 N–H and O–H groups in total. The van der Waals surface area contributed by atoms with Crippen molar-refractivity contribution in [1.82, 2.24) is 5.48 Å². The third kappa shape index (κ3) is 6.00. The summed E-state index contributed by atoms with van der Waals surface area (Å²) in [6.07, 6.45) is 0. The lowest BCUT2D eigenvalue weighted by atomic mass is 10.4. The van der Waals surface area contributed by atoms with Crippen molar-refractivity contribution in [2.24, 2.45) is 5.73 Å². The normalized spacial score (nSPS) is 18.5. The number of carbonyl (C=O) groups excluding carboxylic acids is 1. The number of nitrogens with two attached hydrogens (primary N) is 1. The van der Waals surface area contributed by atoms with Crippen LogP contribution in [0, 0.1) is 0 Å². The predicted molar refractivity (Wildman–Crippen MR) is 38.6 cm³/mol. The molecule has 0 aliphatic heterocycles. The van der Waals surface area contributed by atoms with Crippen LogP contribution in [0.25, 0.3) is 0 Å². The smallest absolute Gasteiger partial charge is 0.323 e. The Labute approximate surface area is 64.2 Å². The van der Waals surface area contributed by atoms with Crippen LogP contribution in [0.2, 0.25) is 0 Å². The van der Waals surface area contributed by atoms with E-state index in [0.717, 1.165) is 6.66 Å². The van der Waals surface area contributed by atoms with Crippen LogP contribution < -0.4 is 11.2 Å². The average Bonchev–Trinajstić information content (AvgIpc) is 1.80. The average molecular weight is 182 g/mol. The van der Waals surface area contributed by atoms with E-state index in [1.54, 1.807) is 5.48 Å². The molecule has 0 rings (SSSR count). The Morgan fingerprint density at radius 3 is 2.55 bits per heavy atom. The molecule has 0 aromatic carbocycles. The van der Waals surface area contributed by atoms with E-state index >= 15 is 0 Å². The van der Waals surface area contributed by atoms with Crippen molar-refractivity contribution in [2.45, 2.75) is 13.0 Å². The summed E-state index contributed by atoms with van der Waals surface area (Å²) >= 11 is 0. The summed E-state index contributed by atoms with van der Waals surface area (Å²) in [6.45, 7) is 2.38. The highest BCUT2D eigenvalue weighted by molar-refractivity contribution is 7.51. The van der Waals surface area contributed by atoms with Crippen molar-refractivity contribution in [3.8, 4) is 0 Å². The van der Waals surface area contributed by atoms with Crippen LogP contribution in [0.1, 0.15) is 6.92 Å². The van der Waals surface area contributed by atoms with Crippen LogP contribution in [0.4, 0.5) is 0 Å². The van der Waals surface area contributed by atoms with Crippen molar-refractivity contribution in [3.63, 3.8) is 0 Å². The molecule has 11 heavy (non-hydrogen) atoms. The molecule has 1 unspecified atom stereocenters. The SMILES string of the molecule is C[C@H](N)C(=O)NOP(C)(=O)O. The molecule has 0 saturated carbocycles. The van der Waals surface area contributed by atoms with Crippen molar-refractivity contribution in [1.29, 1.82) is 0 Å². The summed E-state index contributed by atoms with van der Waals surface area (Å²) in [7, 11) is -3.65. The Morgan fingerprint density at radius 2 is 2.27 bits per heavy atom. The Balaban J connectivity index is 3.73. The first-order valence-electron chi connectivity index (χ1n) is 2.87. The molecule has 0 bridgehead atoms. The number of hydroxylamine groups is 1. The second-order valence-electron chi connectivity index (χ2n) is 2.15. The molecule has 0 saturated heterocycles. The largest absolute Gasteiger partial charge is 0.346 e. The number of amides is 1. The summed E-state index contributed by atoms with van der Waals surface area (Å²) in [4.78, 5) is 19.1. The van der Waals surface area contributed by atoms with Gasteiger partial charge in [0.1, 0.15) is 0 Å². The van der Waals surface area contributed by atoms with E-state index in [-0.39, 0.29) is 0 Å². The van der Waals surface area contributed by atoms with Crippen LogP contribution in [0.15, 0.2) is 0 Å². The van der Waals surface area contributed by atoms with Crippen LogP contribution >= 0.6 is 7.60 Å². The van der Waals surface area contributed by atoms with Gasteiger partial charge in [-0.15, -0.1) is 0 Å². The standard InChI is InChI=1S/C4H11N2O4P/c1-3(5)4(7)6-10-11(2,8)9/h3H,5H2,1-2H3,(H,6,7)(H,8,9)/t3-/m0/s1. The van der Waals surface area contributed by atoms with Gasteiger partial charge in [0, 0.05) is 6.66 Å². The number of rotatable bonds is 3. The molecule has 6 nitrogen and oxygen atoms in total. The lowest BCUT2D eigenvalue weighted by molar-refractivity contribution is -0.128. The molecule has 66 valence electrons. The van der Waals surface area contributed by atoms with Gasteiger partial charge in [0.05, 0.1) is 6.04 Å². The summed E-state index contributed by atoms with van der Waals surface area (Å²) in [6, 6.07) is -0.762. The van der Waals surface area contributed by atoms with E-state index in [1.165, 1.54) is 6.92 Å². The highest BCUT2D eigenvalue weighted by Crippen LogP contribution is 2.34. The quantitative estimate of drug-likeness (QED) is 0.391. The minimum absolute atomic E-state index is 0.638. The van der Waals surface area contributed by atoms with Gasteiger partial charge in [0.15, 0.2) is 0 Å². The van der Waals surface area contributed by atoms with Gasteiger partial charge in [-0.05, 0) is 6.92 Å². The molecule has 0 fully saturated rings. The summed E-state index contributed by atoms with van der Waals surface area (Å²) < 4.78 is 14.5. The molecule has 0 aromatic rings. The third-order valence-electron chi connectivity index (χ3n) is 0.729. The molecular formula is C4H11N2O4P. The predicted octanol–water partition coefficient (Wildman–Crippen LogP) is -0.803. The Hall–Kier alpha value is -0.420. The first-order chi connectivity index (χ1) is 4.83. The molecule has 0 spiro atoms. The topological polar surface area (TPSA) is 102 Å². The zero-order valence-electron chi connectivity index (χ0n) is 6.27. The Morgan fingerprint density at radius 1 is 1.82 bits per heavy atom. The van der Waals surface area contributed by atoms with Gasteiger partial charge in [-0.3, -0.25) is 9.36 Å². The molecular weight excluding hydrogens is 171 g/mol. The summed E-state index contributed by atoms with van der Waals surface area (Å²) in [5.74, 6) is -0.638. The van der Waals surface area contributed by atoms with Crippen molar-refractivity contribution in [3.05, 3.63) is 0 Å². The van der Waals surface area contributed by atoms with E-state index in [0.29, 0.717) is 0 Å². The monoisotopic (exact) mass is 182 g/mol. The van der Waals surface area contributed by atoms with Gasteiger partial charge in [-0.1, -0.05) is 0 Å². The van der Waals surface area contributed by atoms with Crippen molar-refractivity contribution < 1.29 is 18.9 Å². The molecule has 2 atom stereocenters. The summed E-state index contributed by atoms with van der Waals surface area (Å²) in [5, 5.41) is 0. The lowest BCUT2D eigenvalue weighted by Gasteiger charge is -2.08. The molecule has 1 amide bonds. The van der Waals surface area contributed by atoms with Crippen LogP contribution in [0.3, 0.4) is 0 Å². The first kappa shape index (κ1) is 10.6. The number of hydrogen-bond donors (Lipinski definition) is 3. The number of carbonyl (C=O) groups is 1. The van der Waals surface area contributed by atoms with E-state index in [1.807, 2.05) is 0 Å². The molecule has 0 aliphatic rings. The fourth-order valence-electron chi connectivity index (χ4n) is 0.223. The second-order valence-corrected chi connectivity index (χ2v) is 3.94. The number of hydrogen-bond acceptors (Lipinski definition) is 4. The fraction of sp³-hybridized carbons (Fsp3) is 0.750. The maximum Gasteiger partial charge on any atom is 0.346 e. The van der Waals surface area contributed by atoms with Gasteiger partial charge in [-0.25, -0.2) is 5.48 Å². The zero-order chi connectivity index (χ0) is 9.07. The molecule has 0 heterocycles. The maximum atomic E-state index is 10.6. The van der Waals surface area contributed by atoms with Crippen molar-refractivity contribution in [2.75, 3.05) is 6.66 Å². The second kappa shape index (κ2) is 3.82. The van der Waals surface area contributed by atoms with Crippen molar-refractivity contribution >= 4 is 13.5 Å². The Bertz CT molecular complexity index is 187. The molecule has 0 radical (unpaired) electrons. The molecule has 0 aromatic heterocycles. The van der Waals surface area contributed by atoms with Crippen LogP contribution in [-0.2, 0) is 14.0 Å². The Kier molecular flexibility index (Phi) is 3.68. The maximum absolute atomic E-state index is 10.6. The molecule has 0 aliphatic carbocycles. The minimum Gasteiger partial charge on any atom is -0.323 e. The van der Waals surface area contributed by atoms with Crippen LogP contribution in [0.5, 0.6) is 0 Å². The van der Waals surface area contributed by atoms with E-state index in [2.05, 4.69) is 4.62 Å². The summed E-state index contributed by atoms with van der Waals surface area (Å²) in [5.41, 5.74) is 6.85. The third-order valence-corrected chi connectivity index (χ3v) is 1.16.